The van der Waals surface area contributed by atoms with Crippen molar-refractivity contribution in [1.82, 2.24) is 5.43 Å². The molecule has 1 heterocycles. The second kappa shape index (κ2) is 7.55. The highest BCUT2D eigenvalue weighted by atomic mass is 35.5. The topological polar surface area (TPSA) is 54.6 Å². The zero-order valence-electron chi connectivity index (χ0n) is 13.3. The van der Waals surface area contributed by atoms with E-state index in [0.717, 1.165) is 5.56 Å². The molecule has 0 spiro atoms. The zero-order valence-corrected chi connectivity index (χ0v) is 14.8. The molecule has 4 nitrogen and oxygen atoms in total. The number of furan rings is 1. The minimum Gasteiger partial charge on any atom is -0.455 e. The lowest BCUT2D eigenvalue weighted by molar-refractivity contribution is 0.0955. The Morgan fingerprint density at radius 2 is 1.92 bits per heavy atom. The number of hydrogen-bond acceptors (Lipinski definition) is 3. The molecule has 0 bridgehead atoms. The number of carbonyl (C=O) groups excluding carboxylic acids is 1. The van der Waals surface area contributed by atoms with Crippen LogP contribution in [0.3, 0.4) is 0 Å². The molecule has 6 heteroatoms. The van der Waals surface area contributed by atoms with Crippen molar-refractivity contribution in [3.8, 4) is 11.3 Å². The van der Waals surface area contributed by atoms with Crippen molar-refractivity contribution >= 4 is 35.3 Å². The SMILES string of the molecule is Cc1cccc(C(=O)N/N=C\c2ccc(-c3cccc(Cl)c3Cl)o2)c1. The number of hydrazone groups is 1. The van der Waals surface area contributed by atoms with E-state index >= 15 is 0 Å². The minimum atomic E-state index is -0.287. The van der Waals surface area contributed by atoms with E-state index in [4.69, 9.17) is 27.6 Å². The number of benzene rings is 2. The first-order valence-corrected chi connectivity index (χ1v) is 8.24. The molecular formula is C19H14Cl2N2O2. The van der Waals surface area contributed by atoms with E-state index in [1.54, 1.807) is 36.4 Å². The summed E-state index contributed by atoms with van der Waals surface area (Å²) in [4.78, 5) is 12.0. The molecular weight excluding hydrogens is 359 g/mol. The molecule has 0 aliphatic heterocycles. The molecule has 0 fully saturated rings. The molecule has 3 aromatic rings. The van der Waals surface area contributed by atoms with Gasteiger partial charge in [0, 0.05) is 11.1 Å². The van der Waals surface area contributed by atoms with E-state index in [2.05, 4.69) is 10.5 Å². The number of nitrogens with zero attached hydrogens (tertiary/aromatic N) is 1. The Morgan fingerprint density at radius 1 is 1.12 bits per heavy atom. The third-order valence-electron chi connectivity index (χ3n) is 3.48. The number of nitrogens with one attached hydrogen (secondary N) is 1. The van der Waals surface area contributed by atoms with Crippen molar-refractivity contribution in [3.63, 3.8) is 0 Å². The van der Waals surface area contributed by atoms with Crippen LogP contribution in [-0.2, 0) is 0 Å². The van der Waals surface area contributed by atoms with Crippen LogP contribution in [0.15, 0.2) is 64.1 Å². The highest BCUT2D eigenvalue weighted by Crippen LogP contribution is 2.34. The van der Waals surface area contributed by atoms with Crippen LogP contribution in [-0.4, -0.2) is 12.1 Å². The molecule has 0 atom stereocenters. The van der Waals surface area contributed by atoms with Gasteiger partial charge in [0.2, 0.25) is 0 Å². The first-order chi connectivity index (χ1) is 12.0. The van der Waals surface area contributed by atoms with E-state index in [9.17, 15) is 4.79 Å². The van der Waals surface area contributed by atoms with E-state index in [1.807, 2.05) is 25.1 Å². The molecule has 0 saturated heterocycles. The van der Waals surface area contributed by atoms with Gasteiger partial charge in [0.05, 0.1) is 16.3 Å². The summed E-state index contributed by atoms with van der Waals surface area (Å²) in [5.41, 5.74) is 4.71. The fourth-order valence-corrected chi connectivity index (χ4v) is 2.66. The third kappa shape index (κ3) is 4.10. The maximum absolute atomic E-state index is 12.0. The Labute approximate surface area is 155 Å². The van der Waals surface area contributed by atoms with Gasteiger partial charge < -0.3 is 4.42 Å². The molecule has 3 rings (SSSR count). The fourth-order valence-electron chi connectivity index (χ4n) is 2.27. The first kappa shape index (κ1) is 17.3. The number of carbonyl (C=O) groups is 1. The predicted molar refractivity (Wildman–Crippen MR) is 100 cm³/mol. The lowest BCUT2D eigenvalue weighted by atomic mass is 10.1. The second-order valence-electron chi connectivity index (χ2n) is 5.37. The molecule has 1 N–H and O–H groups in total. The van der Waals surface area contributed by atoms with Crippen molar-refractivity contribution in [2.24, 2.45) is 5.10 Å². The summed E-state index contributed by atoms with van der Waals surface area (Å²) in [6.07, 6.45) is 1.43. The Hall–Kier alpha value is -2.56. The average molecular weight is 373 g/mol. The molecule has 1 amide bonds. The minimum absolute atomic E-state index is 0.287. The summed E-state index contributed by atoms with van der Waals surface area (Å²) >= 11 is 12.2. The normalized spacial score (nSPS) is 11.0. The Morgan fingerprint density at radius 3 is 2.72 bits per heavy atom. The molecule has 1 aromatic heterocycles. The van der Waals surface area contributed by atoms with Crippen molar-refractivity contribution in [1.29, 1.82) is 0 Å². The Bertz CT molecular complexity index is 948. The summed E-state index contributed by atoms with van der Waals surface area (Å²) in [6, 6.07) is 16.1. The number of halogens is 2. The van der Waals surface area contributed by atoms with Gasteiger partial charge in [0.15, 0.2) is 0 Å². The fraction of sp³-hybridized carbons (Fsp3) is 0.0526. The van der Waals surface area contributed by atoms with Crippen LogP contribution in [0.2, 0.25) is 10.0 Å². The van der Waals surface area contributed by atoms with Crippen molar-refractivity contribution in [2.75, 3.05) is 0 Å². The second-order valence-corrected chi connectivity index (χ2v) is 6.16. The van der Waals surface area contributed by atoms with Crippen molar-refractivity contribution < 1.29 is 9.21 Å². The predicted octanol–water partition coefficient (Wildman–Crippen LogP) is 5.33. The number of hydrogen-bond donors (Lipinski definition) is 1. The van der Waals surface area contributed by atoms with Crippen LogP contribution in [0.25, 0.3) is 11.3 Å². The van der Waals surface area contributed by atoms with Gasteiger partial charge in [-0.3, -0.25) is 4.79 Å². The molecule has 0 radical (unpaired) electrons. The molecule has 2 aromatic carbocycles. The standard InChI is InChI=1S/C19H14Cl2N2O2/c1-12-4-2-5-13(10-12)19(24)23-22-11-14-8-9-17(25-14)15-6-3-7-16(20)18(15)21/h2-11H,1H3,(H,23,24)/b22-11-. The zero-order chi connectivity index (χ0) is 17.8. The highest BCUT2D eigenvalue weighted by Gasteiger charge is 2.10. The lowest BCUT2D eigenvalue weighted by Crippen LogP contribution is -2.17. The largest absolute Gasteiger partial charge is 0.455 e. The van der Waals surface area contributed by atoms with Crippen LogP contribution in [0.1, 0.15) is 21.7 Å². The summed E-state index contributed by atoms with van der Waals surface area (Å²) in [7, 11) is 0. The van der Waals surface area contributed by atoms with Gasteiger partial charge in [0.1, 0.15) is 11.5 Å². The van der Waals surface area contributed by atoms with E-state index < -0.39 is 0 Å². The van der Waals surface area contributed by atoms with Crippen LogP contribution < -0.4 is 5.43 Å². The first-order valence-electron chi connectivity index (χ1n) is 7.49. The van der Waals surface area contributed by atoms with Crippen molar-refractivity contribution in [2.45, 2.75) is 6.92 Å². The van der Waals surface area contributed by atoms with E-state index in [-0.39, 0.29) is 5.91 Å². The maximum Gasteiger partial charge on any atom is 0.271 e. The van der Waals surface area contributed by atoms with Gasteiger partial charge >= 0.3 is 0 Å². The number of rotatable bonds is 4. The Kier molecular flexibility index (Phi) is 5.22. The van der Waals surface area contributed by atoms with Gasteiger partial charge in [-0.15, -0.1) is 0 Å². The summed E-state index contributed by atoms with van der Waals surface area (Å²) in [5.74, 6) is 0.763. The summed E-state index contributed by atoms with van der Waals surface area (Å²) < 4.78 is 5.67. The summed E-state index contributed by atoms with van der Waals surface area (Å²) in [5, 5.41) is 4.80. The van der Waals surface area contributed by atoms with Crippen LogP contribution in [0.4, 0.5) is 0 Å². The Balaban J connectivity index is 1.70. The van der Waals surface area contributed by atoms with Crippen LogP contribution >= 0.6 is 23.2 Å². The highest BCUT2D eigenvalue weighted by molar-refractivity contribution is 6.43. The van der Waals surface area contributed by atoms with Gasteiger partial charge in [-0.1, -0.05) is 47.0 Å². The summed E-state index contributed by atoms with van der Waals surface area (Å²) in [6.45, 7) is 1.92. The van der Waals surface area contributed by atoms with Crippen molar-refractivity contribution in [3.05, 3.63) is 81.5 Å². The molecule has 126 valence electrons. The van der Waals surface area contributed by atoms with Crippen LogP contribution in [0, 0.1) is 6.92 Å². The smallest absolute Gasteiger partial charge is 0.271 e. The third-order valence-corrected chi connectivity index (χ3v) is 4.30. The lowest BCUT2D eigenvalue weighted by Gasteiger charge is -2.02. The van der Waals surface area contributed by atoms with Gasteiger partial charge in [-0.25, -0.2) is 5.43 Å². The van der Waals surface area contributed by atoms with Crippen LogP contribution in [0.5, 0.6) is 0 Å². The number of amides is 1. The van der Waals surface area contributed by atoms with E-state index in [1.165, 1.54) is 6.21 Å². The number of aryl methyl sites for hydroxylation is 1. The van der Waals surface area contributed by atoms with Gasteiger partial charge in [-0.2, -0.15) is 5.10 Å². The monoisotopic (exact) mass is 372 g/mol. The molecule has 25 heavy (non-hydrogen) atoms. The molecule has 0 saturated carbocycles. The van der Waals surface area contributed by atoms with Gasteiger partial charge in [0.25, 0.3) is 5.91 Å². The van der Waals surface area contributed by atoms with Gasteiger partial charge in [-0.05, 0) is 43.3 Å². The molecule has 0 aliphatic carbocycles. The quantitative estimate of drug-likeness (QED) is 0.497. The molecule has 0 unspecified atom stereocenters. The average Bonchev–Trinajstić information content (AvgIpc) is 3.06. The molecule has 0 aliphatic rings. The van der Waals surface area contributed by atoms with E-state index in [0.29, 0.717) is 32.7 Å². The maximum atomic E-state index is 12.0.